The molecule has 0 radical (unpaired) electrons. The molecule has 164 valence electrons. The number of nitrogens with zero attached hydrogens (tertiary/aromatic N) is 2. The van der Waals surface area contributed by atoms with Gasteiger partial charge in [0.2, 0.25) is 5.91 Å². The zero-order valence-corrected chi connectivity index (χ0v) is 19.2. The van der Waals surface area contributed by atoms with Crippen molar-refractivity contribution in [2.24, 2.45) is 5.92 Å². The Hall–Kier alpha value is -3.00. The fraction of sp³-hybridized carbons (Fsp3) is 0.391. The van der Waals surface area contributed by atoms with E-state index < -0.39 is 11.6 Å². The number of ether oxygens (including phenoxy) is 3. The normalized spacial score (nSPS) is 23.9. The van der Waals surface area contributed by atoms with Gasteiger partial charge in [-0.25, -0.2) is 0 Å². The lowest BCUT2D eigenvalue weighted by Crippen LogP contribution is -2.72. The average molecular weight is 442 g/mol. The molecule has 0 unspecified atom stereocenters. The van der Waals surface area contributed by atoms with E-state index in [-0.39, 0.29) is 11.9 Å². The van der Waals surface area contributed by atoms with Gasteiger partial charge in [-0.2, -0.15) is 0 Å². The molecular weight excluding hydrogens is 414 g/mol. The van der Waals surface area contributed by atoms with Crippen LogP contribution in [0, 0.1) is 5.92 Å². The van der Waals surface area contributed by atoms with Gasteiger partial charge in [0.1, 0.15) is 11.7 Å². The molecule has 1 amide bonds. The van der Waals surface area contributed by atoms with Crippen molar-refractivity contribution >= 4 is 28.9 Å². The van der Waals surface area contributed by atoms with Crippen molar-refractivity contribution in [3.05, 3.63) is 48.0 Å². The van der Waals surface area contributed by atoms with Crippen LogP contribution in [0.4, 0.5) is 5.69 Å². The molecule has 2 heterocycles. The van der Waals surface area contributed by atoms with Crippen molar-refractivity contribution in [2.45, 2.75) is 25.6 Å². The maximum atomic E-state index is 13.4. The molecule has 31 heavy (non-hydrogen) atoms. The predicted octanol–water partition coefficient (Wildman–Crippen LogP) is 3.34. The predicted molar refractivity (Wildman–Crippen MR) is 123 cm³/mol. The molecule has 0 saturated carbocycles. The second kappa shape index (κ2) is 7.92. The fourth-order valence-corrected chi connectivity index (χ4v) is 4.88. The Kier molecular flexibility index (Phi) is 5.43. The molecule has 2 aromatic carbocycles. The first-order valence-electron chi connectivity index (χ1n) is 10.2. The topological polar surface area (TPSA) is 63.3 Å². The molecular formula is C23H27N3O4S. The van der Waals surface area contributed by atoms with Crippen LogP contribution in [0.15, 0.2) is 42.5 Å². The molecule has 0 aromatic heterocycles. The van der Waals surface area contributed by atoms with Gasteiger partial charge in [-0.1, -0.05) is 24.3 Å². The molecule has 7 nitrogen and oxygen atoms in total. The van der Waals surface area contributed by atoms with Crippen molar-refractivity contribution in [2.75, 3.05) is 32.7 Å². The molecule has 2 aromatic rings. The standard InChI is InChI=1S/C23H27N3O4S/c1-6-29-17-13-9-10-14-19-18(21(27)25(3)4)23(2,30-20(14)17)26(22(31)24-19)15-11-7-8-12-16(15)28-5/h7-13,18-19H,6H2,1-5H3,(H,24,31)/t18-,19-,23-/m0/s1. The first-order valence-corrected chi connectivity index (χ1v) is 10.6. The maximum Gasteiger partial charge on any atom is 0.233 e. The number of para-hydroxylation sites is 3. The highest BCUT2D eigenvalue weighted by Crippen LogP contribution is 2.53. The van der Waals surface area contributed by atoms with Crippen LogP contribution in [-0.2, 0) is 4.79 Å². The van der Waals surface area contributed by atoms with E-state index in [1.165, 1.54) is 0 Å². The van der Waals surface area contributed by atoms with Crippen LogP contribution in [0.5, 0.6) is 17.2 Å². The van der Waals surface area contributed by atoms with Gasteiger partial charge in [0.05, 0.1) is 25.4 Å². The number of anilines is 1. The molecule has 2 aliphatic rings. The summed E-state index contributed by atoms with van der Waals surface area (Å²) in [5, 5.41) is 3.87. The summed E-state index contributed by atoms with van der Waals surface area (Å²) in [6, 6.07) is 12.9. The maximum absolute atomic E-state index is 13.4. The Bertz CT molecular complexity index is 1030. The number of fused-ring (bicyclic) bond motifs is 4. The van der Waals surface area contributed by atoms with E-state index in [0.717, 1.165) is 11.3 Å². The summed E-state index contributed by atoms with van der Waals surface area (Å²) in [7, 11) is 5.11. The number of benzene rings is 2. The van der Waals surface area contributed by atoms with E-state index in [2.05, 4.69) is 5.32 Å². The second-order valence-electron chi connectivity index (χ2n) is 7.91. The Morgan fingerprint density at radius 2 is 1.94 bits per heavy atom. The van der Waals surface area contributed by atoms with E-state index in [1.807, 2.05) is 61.2 Å². The van der Waals surface area contributed by atoms with E-state index in [1.54, 1.807) is 26.1 Å². The van der Waals surface area contributed by atoms with Crippen molar-refractivity contribution in [3.8, 4) is 17.2 Å². The molecule has 0 aliphatic carbocycles. The summed E-state index contributed by atoms with van der Waals surface area (Å²) in [4.78, 5) is 16.9. The highest BCUT2D eigenvalue weighted by atomic mass is 32.1. The Morgan fingerprint density at radius 3 is 2.61 bits per heavy atom. The third-order valence-corrected chi connectivity index (χ3v) is 6.12. The number of hydrogen-bond acceptors (Lipinski definition) is 5. The summed E-state index contributed by atoms with van der Waals surface area (Å²) < 4.78 is 18.1. The Balaban J connectivity index is 1.95. The van der Waals surface area contributed by atoms with E-state index in [9.17, 15) is 4.79 Å². The molecule has 0 spiro atoms. The molecule has 2 bridgehead atoms. The summed E-state index contributed by atoms with van der Waals surface area (Å²) >= 11 is 5.78. The van der Waals surface area contributed by atoms with Gasteiger partial charge >= 0.3 is 0 Å². The van der Waals surface area contributed by atoms with Crippen LogP contribution in [0.3, 0.4) is 0 Å². The van der Waals surface area contributed by atoms with Gasteiger partial charge in [0, 0.05) is 19.7 Å². The van der Waals surface area contributed by atoms with Gasteiger partial charge in [-0.3, -0.25) is 9.69 Å². The smallest absolute Gasteiger partial charge is 0.233 e. The summed E-state index contributed by atoms with van der Waals surface area (Å²) in [6.45, 7) is 4.33. The number of carbonyl (C=O) groups is 1. The van der Waals surface area contributed by atoms with Crippen molar-refractivity contribution in [3.63, 3.8) is 0 Å². The summed E-state index contributed by atoms with van der Waals surface area (Å²) in [5.41, 5.74) is 0.464. The number of nitrogens with one attached hydrogen (secondary N) is 1. The number of rotatable bonds is 5. The van der Waals surface area contributed by atoms with Crippen molar-refractivity contribution in [1.29, 1.82) is 0 Å². The minimum absolute atomic E-state index is 0.0603. The van der Waals surface area contributed by atoms with Gasteiger partial charge in [-0.15, -0.1) is 0 Å². The van der Waals surface area contributed by atoms with Gasteiger partial charge < -0.3 is 24.4 Å². The Labute approximate surface area is 187 Å². The first kappa shape index (κ1) is 21.2. The van der Waals surface area contributed by atoms with Crippen LogP contribution in [0.25, 0.3) is 0 Å². The van der Waals surface area contributed by atoms with Gasteiger partial charge in [0.15, 0.2) is 22.3 Å². The number of carbonyl (C=O) groups excluding carboxylic acids is 1. The summed E-state index contributed by atoms with van der Waals surface area (Å²) in [6.07, 6.45) is 0. The third kappa shape index (κ3) is 3.26. The summed E-state index contributed by atoms with van der Waals surface area (Å²) in [5.74, 6) is 1.27. The zero-order chi connectivity index (χ0) is 22.3. The third-order valence-electron chi connectivity index (χ3n) is 5.82. The highest BCUT2D eigenvalue weighted by molar-refractivity contribution is 7.80. The number of methoxy groups -OCH3 is 1. The van der Waals surface area contributed by atoms with E-state index in [4.69, 9.17) is 26.4 Å². The number of hydrogen-bond donors (Lipinski definition) is 1. The molecule has 4 rings (SSSR count). The lowest BCUT2D eigenvalue weighted by molar-refractivity contribution is -0.144. The lowest BCUT2D eigenvalue weighted by Gasteiger charge is -2.56. The van der Waals surface area contributed by atoms with Crippen LogP contribution < -0.4 is 24.4 Å². The molecule has 3 atom stereocenters. The largest absolute Gasteiger partial charge is 0.495 e. The second-order valence-corrected chi connectivity index (χ2v) is 8.30. The monoisotopic (exact) mass is 441 g/mol. The highest BCUT2D eigenvalue weighted by Gasteiger charge is 2.60. The molecule has 1 fully saturated rings. The SMILES string of the molecule is CCOc1cccc2c1O[C@@]1(C)[C@H](C(=O)N(C)C)[C@H]2NC(=S)N1c1ccccc1OC. The molecule has 8 heteroatoms. The lowest BCUT2D eigenvalue weighted by atomic mass is 9.78. The van der Waals surface area contributed by atoms with Crippen LogP contribution in [0.2, 0.25) is 0 Å². The van der Waals surface area contributed by atoms with Crippen LogP contribution in [-0.4, -0.2) is 49.5 Å². The fourth-order valence-electron chi connectivity index (χ4n) is 4.47. The van der Waals surface area contributed by atoms with Gasteiger partial charge in [0.25, 0.3) is 0 Å². The quantitative estimate of drug-likeness (QED) is 0.714. The van der Waals surface area contributed by atoms with E-state index in [0.29, 0.717) is 29.0 Å². The molecule has 1 N–H and O–H groups in total. The molecule has 2 aliphatic heterocycles. The zero-order valence-electron chi connectivity index (χ0n) is 18.3. The van der Waals surface area contributed by atoms with Crippen LogP contribution in [0.1, 0.15) is 25.5 Å². The number of amides is 1. The Morgan fingerprint density at radius 1 is 1.23 bits per heavy atom. The number of thiocarbonyl (C=S) groups is 1. The average Bonchev–Trinajstić information content (AvgIpc) is 2.74. The first-order chi connectivity index (χ1) is 14.8. The van der Waals surface area contributed by atoms with Crippen LogP contribution >= 0.6 is 12.2 Å². The van der Waals surface area contributed by atoms with Gasteiger partial charge in [-0.05, 0) is 44.3 Å². The van der Waals surface area contributed by atoms with Crippen molar-refractivity contribution < 1.29 is 19.0 Å². The minimum Gasteiger partial charge on any atom is -0.495 e. The molecule has 1 saturated heterocycles. The van der Waals surface area contributed by atoms with Crippen molar-refractivity contribution in [1.82, 2.24) is 10.2 Å². The minimum atomic E-state index is -1.11. The van der Waals surface area contributed by atoms with E-state index >= 15 is 0 Å².